The van der Waals surface area contributed by atoms with Crippen molar-refractivity contribution >= 4 is 11.9 Å². The predicted octanol–water partition coefficient (Wildman–Crippen LogP) is 1.05. The number of hydrogen-bond donors (Lipinski definition) is 1. The number of alkyl halides is 2. The highest BCUT2D eigenvalue weighted by Gasteiger charge is 2.26. The van der Waals surface area contributed by atoms with Crippen molar-refractivity contribution in [2.24, 2.45) is 5.92 Å². The average Bonchev–Trinajstić information content (AvgIpc) is 2.96. The Kier molecular flexibility index (Phi) is 5.04. The van der Waals surface area contributed by atoms with Gasteiger partial charge in [-0.05, 0) is 12.8 Å². The maximum Gasteiger partial charge on any atom is 0.318 e. The molecule has 0 atom stereocenters. The van der Waals surface area contributed by atoms with Crippen LogP contribution < -0.4 is 10.2 Å². The van der Waals surface area contributed by atoms with Crippen molar-refractivity contribution in [1.29, 1.82) is 0 Å². The van der Waals surface area contributed by atoms with Gasteiger partial charge in [0, 0.05) is 45.2 Å². The van der Waals surface area contributed by atoms with E-state index in [0.717, 1.165) is 38.9 Å². The van der Waals surface area contributed by atoms with Gasteiger partial charge in [-0.1, -0.05) is 11.5 Å². The van der Waals surface area contributed by atoms with Crippen molar-refractivity contribution < 1.29 is 18.0 Å². The predicted molar refractivity (Wildman–Crippen MR) is 78.3 cm³/mol. The third-order valence-corrected chi connectivity index (χ3v) is 4.46. The maximum absolute atomic E-state index is 12.4. The summed E-state index contributed by atoms with van der Waals surface area (Å²) in [4.78, 5) is 15.8. The number of amides is 1. The van der Waals surface area contributed by atoms with Gasteiger partial charge in [0.1, 0.15) is 0 Å². The van der Waals surface area contributed by atoms with Gasteiger partial charge in [0.25, 0.3) is 5.89 Å². The van der Waals surface area contributed by atoms with Crippen LogP contribution in [0.1, 0.15) is 31.6 Å². The minimum atomic E-state index is -2.74. The van der Waals surface area contributed by atoms with Crippen LogP contribution in [0.15, 0.2) is 4.42 Å². The van der Waals surface area contributed by atoms with Crippen LogP contribution in [-0.2, 0) is 4.79 Å². The fraction of sp³-hybridized carbons (Fsp3) is 0.786. The second-order valence-corrected chi connectivity index (χ2v) is 5.97. The molecule has 3 rings (SSSR count). The molecule has 2 aliphatic rings. The van der Waals surface area contributed by atoms with Crippen LogP contribution in [0, 0.1) is 5.92 Å². The zero-order valence-corrected chi connectivity index (χ0v) is 12.9. The van der Waals surface area contributed by atoms with Crippen molar-refractivity contribution in [3.8, 4) is 0 Å². The quantitative estimate of drug-likeness (QED) is 0.841. The first-order chi connectivity index (χ1) is 11.1. The fourth-order valence-corrected chi connectivity index (χ4v) is 2.76. The third kappa shape index (κ3) is 3.95. The summed E-state index contributed by atoms with van der Waals surface area (Å²) in [5, 5.41) is 9.97. The average molecular weight is 329 g/mol. The largest absolute Gasteiger partial charge is 0.402 e. The van der Waals surface area contributed by atoms with Crippen molar-refractivity contribution in [3.05, 3.63) is 5.89 Å². The fourth-order valence-electron chi connectivity index (χ4n) is 2.76. The smallest absolute Gasteiger partial charge is 0.318 e. The van der Waals surface area contributed by atoms with Crippen LogP contribution in [0.4, 0.5) is 14.8 Å². The molecule has 1 saturated heterocycles. The normalized spacial score (nSPS) is 19.9. The van der Waals surface area contributed by atoms with E-state index in [-0.39, 0.29) is 17.8 Å². The molecule has 0 radical (unpaired) electrons. The number of carbonyl (C=O) groups is 1. The van der Waals surface area contributed by atoms with Crippen molar-refractivity contribution in [3.63, 3.8) is 0 Å². The summed E-state index contributed by atoms with van der Waals surface area (Å²) < 4.78 is 29.8. The number of carbonyl (C=O) groups excluding carboxylic acids is 1. The van der Waals surface area contributed by atoms with Gasteiger partial charge in [0.15, 0.2) is 0 Å². The lowest BCUT2D eigenvalue weighted by Crippen LogP contribution is -2.49. The molecule has 1 aromatic rings. The van der Waals surface area contributed by atoms with Crippen LogP contribution in [-0.4, -0.2) is 60.3 Å². The zero-order valence-electron chi connectivity index (χ0n) is 12.9. The molecule has 1 aromatic heterocycles. The highest BCUT2D eigenvalue weighted by molar-refractivity contribution is 5.79. The Labute approximate surface area is 133 Å². The highest BCUT2D eigenvalue weighted by Crippen LogP contribution is 2.26. The molecule has 9 heteroatoms. The van der Waals surface area contributed by atoms with E-state index in [1.165, 1.54) is 0 Å². The Morgan fingerprint density at radius 3 is 2.57 bits per heavy atom. The molecule has 0 aromatic carbocycles. The van der Waals surface area contributed by atoms with Crippen LogP contribution in [0.2, 0.25) is 0 Å². The second kappa shape index (κ2) is 7.20. The molecule has 128 valence electrons. The maximum atomic E-state index is 12.4. The Balaban J connectivity index is 1.37. The van der Waals surface area contributed by atoms with Crippen molar-refractivity contribution in [2.75, 3.05) is 44.2 Å². The molecular weight excluding hydrogens is 308 g/mol. The summed E-state index contributed by atoms with van der Waals surface area (Å²) in [7, 11) is 0. The number of rotatable bonds is 6. The molecule has 1 aliphatic carbocycles. The molecule has 2 heterocycles. The molecule has 1 N–H and O–H groups in total. The van der Waals surface area contributed by atoms with Gasteiger partial charge in [-0.2, -0.15) is 8.78 Å². The summed E-state index contributed by atoms with van der Waals surface area (Å²) in [6.07, 6.45) is 0.435. The highest BCUT2D eigenvalue weighted by atomic mass is 19.3. The lowest BCUT2D eigenvalue weighted by molar-refractivity contribution is -0.127. The number of halogens is 2. The van der Waals surface area contributed by atoms with E-state index in [1.54, 1.807) is 0 Å². The lowest BCUT2D eigenvalue weighted by Gasteiger charge is -2.33. The van der Waals surface area contributed by atoms with Gasteiger partial charge < -0.3 is 14.6 Å². The molecule has 0 spiro atoms. The first kappa shape index (κ1) is 16.1. The van der Waals surface area contributed by atoms with Gasteiger partial charge >= 0.3 is 12.4 Å². The molecule has 2 fully saturated rings. The topological polar surface area (TPSA) is 74.5 Å². The Hall–Kier alpha value is -1.77. The van der Waals surface area contributed by atoms with E-state index in [0.29, 0.717) is 19.6 Å². The molecule has 0 unspecified atom stereocenters. The van der Waals surface area contributed by atoms with E-state index < -0.39 is 12.3 Å². The summed E-state index contributed by atoms with van der Waals surface area (Å²) in [6.45, 7) is 4.25. The first-order valence-electron chi connectivity index (χ1n) is 8.00. The molecule has 1 amide bonds. The number of piperazine rings is 1. The molecule has 7 nitrogen and oxygen atoms in total. The Bertz CT molecular complexity index is 527. The summed E-state index contributed by atoms with van der Waals surface area (Å²) in [6, 6.07) is 0.151. The van der Waals surface area contributed by atoms with Crippen LogP contribution in [0.5, 0.6) is 0 Å². The lowest BCUT2D eigenvalue weighted by atomic mass is 9.85. The standard InChI is InChI=1S/C14H21F2N5O2/c15-11(16)13-18-19-14(23-13)21-8-6-20(7-9-21)5-4-17-12(22)10-2-1-3-10/h10-11H,1-9H2,(H,17,22). The number of nitrogens with zero attached hydrogens (tertiary/aromatic N) is 4. The second-order valence-electron chi connectivity index (χ2n) is 5.97. The first-order valence-corrected chi connectivity index (χ1v) is 8.00. The van der Waals surface area contributed by atoms with E-state index in [2.05, 4.69) is 20.4 Å². The van der Waals surface area contributed by atoms with Gasteiger partial charge in [-0.15, -0.1) is 5.10 Å². The van der Waals surface area contributed by atoms with Crippen molar-refractivity contribution in [2.45, 2.75) is 25.7 Å². The zero-order chi connectivity index (χ0) is 16.2. The monoisotopic (exact) mass is 329 g/mol. The van der Waals surface area contributed by atoms with Gasteiger partial charge in [0.05, 0.1) is 0 Å². The SMILES string of the molecule is O=C(NCCN1CCN(c2nnc(C(F)F)o2)CC1)C1CCC1. The molecule has 23 heavy (non-hydrogen) atoms. The van der Waals surface area contributed by atoms with E-state index >= 15 is 0 Å². The third-order valence-electron chi connectivity index (χ3n) is 4.46. The van der Waals surface area contributed by atoms with Gasteiger partial charge in [-0.3, -0.25) is 9.69 Å². The molecule has 1 aliphatic heterocycles. The van der Waals surface area contributed by atoms with Crippen molar-refractivity contribution in [1.82, 2.24) is 20.4 Å². The van der Waals surface area contributed by atoms with E-state index in [4.69, 9.17) is 4.42 Å². The van der Waals surface area contributed by atoms with E-state index in [9.17, 15) is 13.6 Å². The number of hydrogen-bond acceptors (Lipinski definition) is 6. The van der Waals surface area contributed by atoms with E-state index in [1.807, 2.05) is 4.90 Å². The van der Waals surface area contributed by atoms with Crippen LogP contribution in [0.25, 0.3) is 0 Å². The summed E-state index contributed by atoms with van der Waals surface area (Å²) >= 11 is 0. The molecule has 1 saturated carbocycles. The molecular formula is C14H21F2N5O2. The van der Waals surface area contributed by atoms with Gasteiger partial charge in [0.2, 0.25) is 5.91 Å². The summed E-state index contributed by atoms with van der Waals surface area (Å²) in [5.74, 6) is -0.255. The minimum absolute atomic E-state index is 0.151. The minimum Gasteiger partial charge on any atom is -0.402 e. The number of nitrogens with one attached hydrogen (secondary N) is 1. The summed E-state index contributed by atoms with van der Waals surface area (Å²) in [5.41, 5.74) is 0. The Morgan fingerprint density at radius 1 is 1.26 bits per heavy atom. The number of anilines is 1. The number of aromatic nitrogens is 2. The van der Waals surface area contributed by atoms with Crippen LogP contribution >= 0.6 is 0 Å². The molecule has 0 bridgehead atoms. The van der Waals surface area contributed by atoms with Crippen LogP contribution in [0.3, 0.4) is 0 Å². The Morgan fingerprint density at radius 2 is 2.00 bits per heavy atom. The van der Waals surface area contributed by atoms with Gasteiger partial charge in [-0.25, -0.2) is 0 Å².